The third kappa shape index (κ3) is 3.75. The maximum absolute atomic E-state index is 12.3. The van der Waals surface area contributed by atoms with Crippen molar-refractivity contribution in [1.82, 2.24) is 23.8 Å². The van der Waals surface area contributed by atoms with Crippen LogP contribution in [0.4, 0.5) is 0 Å². The summed E-state index contributed by atoms with van der Waals surface area (Å²) < 4.78 is 35.4. The van der Waals surface area contributed by atoms with E-state index in [-0.39, 0.29) is 6.54 Å². The first-order valence-electron chi connectivity index (χ1n) is 7.32. The fraction of sp³-hybridized carbons (Fsp3) is 0.429. The van der Waals surface area contributed by atoms with Gasteiger partial charge in [0.1, 0.15) is 0 Å². The standard InChI is InChI=1S/C14H19N5O3S/c1-18-13(9-14(17-18)12-3-2-4-15-10-12)11-16-23(20,21)19-5-7-22-8-6-19/h2-4,9-10,16H,5-8,11H2,1H3. The Labute approximate surface area is 135 Å². The average Bonchev–Trinajstić information content (AvgIpc) is 2.96. The summed E-state index contributed by atoms with van der Waals surface area (Å²) in [4.78, 5) is 4.07. The summed E-state index contributed by atoms with van der Waals surface area (Å²) in [5.74, 6) is 0. The van der Waals surface area contributed by atoms with Gasteiger partial charge < -0.3 is 4.74 Å². The fourth-order valence-corrected chi connectivity index (χ4v) is 3.51. The monoisotopic (exact) mass is 337 g/mol. The van der Waals surface area contributed by atoms with E-state index in [1.165, 1.54) is 4.31 Å². The van der Waals surface area contributed by atoms with E-state index in [1.807, 2.05) is 18.2 Å². The van der Waals surface area contributed by atoms with E-state index in [0.717, 1.165) is 17.0 Å². The van der Waals surface area contributed by atoms with Crippen molar-refractivity contribution in [2.45, 2.75) is 6.54 Å². The number of rotatable bonds is 5. The smallest absolute Gasteiger partial charge is 0.279 e. The second kappa shape index (κ2) is 6.75. The lowest BCUT2D eigenvalue weighted by molar-refractivity contribution is 0.0724. The molecule has 124 valence electrons. The molecule has 1 N–H and O–H groups in total. The molecule has 2 aromatic heterocycles. The number of pyridine rings is 1. The van der Waals surface area contributed by atoms with Gasteiger partial charge in [-0.3, -0.25) is 9.67 Å². The van der Waals surface area contributed by atoms with Gasteiger partial charge in [-0.15, -0.1) is 0 Å². The van der Waals surface area contributed by atoms with Gasteiger partial charge >= 0.3 is 0 Å². The molecule has 0 bridgehead atoms. The van der Waals surface area contributed by atoms with E-state index >= 15 is 0 Å². The highest BCUT2D eigenvalue weighted by Crippen LogP contribution is 2.17. The molecule has 1 aliphatic heterocycles. The molecule has 2 aromatic rings. The van der Waals surface area contributed by atoms with Gasteiger partial charge in [0.2, 0.25) is 0 Å². The van der Waals surface area contributed by atoms with Crippen LogP contribution in [0.15, 0.2) is 30.6 Å². The molecule has 0 spiro atoms. The molecule has 1 fully saturated rings. The Balaban J connectivity index is 1.70. The number of aryl methyl sites for hydroxylation is 1. The normalized spacial score (nSPS) is 16.6. The molecule has 0 unspecified atom stereocenters. The molecule has 0 saturated carbocycles. The van der Waals surface area contributed by atoms with Crippen molar-refractivity contribution in [2.75, 3.05) is 26.3 Å². The van der Waals surface area contributed by atoms with Gasteiger partial charge in [-0.25, -0.2) is 0 Å². The zero-order valence-electron chi connectivity index (χ0n) is 12.8. The summed E-state index contributed by atoms with van der Waals surface area (Å²) in [5.41, 5.74) is 2.44. The minimum Gasteiger partial charge on any atom is -0.379 e. The average molecular weight is 337 g/mol. The van der Waals surface area contributed by atoms with Crippen molar-refractivity contribution in [2.24, 2.45) is 7.05 Å². The molecule has 23 heavy (non-hydrogen) atoms. The third-order valence-corrected chi connectivity index (χ3v) is 5.23. The first kappa shape index (κ1) is 16.1. The maximum Gasteiger partial charge on any atom is 0.279 e. The molecular formula is C14H19N5O3S. The molecule has 0 aromatic carbocycles. The Morgan fingerprint density at radius 3 is 2.83 bits per heavy atom. The van der Waals surface area contributed by atoms with Crippen LogP contribution in [0.5, 0.6) is 0 Å². The SMILES string of the molecule is Cn1nc(-c2cccnc2)cc1CNS(=O)(=O)N1CCOCC1. The van der Waals surface area contributed by atoms with Crippen molar-refractivity contribution in [3.63, 3.8) is 0 Å². The summed E-state index contributed by atoms with van der Waals surface area (Å²) in [6.45, 7) is 1.79. The Morgan fingerprint density at radius 1 is 1.35 bits per heavy atom. The number of hydrogen-bond acceptors (Lipinski definition) is 5. The lowest BCUT2D eigenvalue weighted by Gasteiger charge is -2.26. The first-order valence-corrected chi connectivity index (χ1v) is 8.76. The molecular weight excluding hydrogens is 318 g/mol. The molecule has 0 aliphatic carbocycles. The summed E-state index contributed by atoms with van der Waals surface area (Å²) in [6, 6.07) is 5.61. The third-order valence-electron chi connectivity index (χ3n) is 3.68. The number of nitrogens with zero attached hydrogens (tertiary/aromatic N) is 4. The van der Waals surface area contributed by atoms with E-state index in [0.29, 0.717) is 26.3 Å². The Kier molecular flexibility index (Phi) is 4.71. The second-order valence-corrected chi connectivity index (χ2v) is 6.98. The zero-order valence-corrected chi connectivity index (χ0v) is 13.7. The summed E-state index contributed by atoms with van der Waals surface area (Å²) in [7, 11) is -1.71. The Bertz CT molecular complexity index is 754. The van der Waals surface area contributed by atoms with Crippen LogP contribution in [0.2, 0.25) is 0 Å². The van der Waals surface area contributed by atoms with Gasteiger partial charge in [0.15, 0.2) is 0 Å². The minimum absolute atomic E-state index is 0.184. The van der Waals surface area contributed by atoms with Crippen molar-refractivity contribution in [3.8, 4) is 11.3 Å². The molecule has 0 radical (unpaired) electrons. The van der Waals surface area contributed by atoms with Gasteiger partial charge in [0.25, 0.3) is 10.2 Å². The van der Waals surface area contributed by atoms with Crippen molar-refractivity contribution < 1.29 is 13.2 Å². The van der Waals surface area contributed by atoms with Crippen LogP contribution in [0.1, 0.15) is 5.69 Å². The molecule has 1 saturated heterocycles. The summed E-state index contributed by atoms with van der Waals surface area (Å²) >= 11 is 0. The van der Waals surface area contributed by atoms with Gasteiger partial charge in [0.05, 0.1) is 31.1 Å². The van der Waals surface area contributed by atoms with Crippen LogP contribution in [-0.2, 0) is 28.5 Å². The first-order chi connectivity index (χ1) is 11.1. The predicted molar refractivity (Wildman–Crippen MR) is 84.6 cm³/mol. The van der Waals surface area contributed by atoms with E-state index in [2.05, 4.69) is 14.8 Å². The largest absolute Gasteiger partial charge is 0.379 e. The molecule has 0 atom stereocenters. The summed E-state index contributed by atoms with van der Waals surface area (Å²) in [6.07, 6.45) is 3.42. The number of ether oxygens (including phenoxy) is 1. The van der Waals surface area contributed by atoms with E-state index < -0.39 is 10.2 Å². The van der Waals surface area contributed by atoms with Crippen LogP contribution < -0.4 is 4.72 Å². The van der Waals surface area contributed by atoms with Crippen LogP contribution in [-0.4, -0.2) is 53.8 Å². The lowest BCUT2D eigenvalue weighted by atomic mass is 10.2. The molecule has 1 aliphatic rings. The highest BCUT2D eigenvalue weighted by atomic mass is 32.2. The zero-order chi connectivity index (χ0) is 16.3. The number of nitrogens with one attached hydrogen (secondary N) is 1. The van der Waals surface area contributed by atoms with E-state index in [9.17, 15) is 8.42 Å². The minimum atomic E-state index is -3.50. The highest BCUT2D eigenvalue weighted by molar-refractivity contribution is 7.87. The van der Waals surface area contributed by atoms with Crippen molar-refractivity contribution in [1.29, 1.82) is 0 Å². The highest BCUT2D eigenvalue weighted by Gasteiger charge is 2.24. The van der Waals surface area contributed by atoms with Crippen LogP contribution >= 0.6 is 0 Å². The Hall–Kier alpha value is -1.81. The topological polar surface area (TPSA) is 89.3 Å². The fourth-order valence-electron chi connectivity index (χ4n) is 2.37. The van der Waals surface area contributed by atoms with E-state index in [4.69, 9.17) is 4.74 Å². The molecule has 8 nitrogen and oxygen atoms in total. The molecule has 9 heteroatoms. The van der Waals surface area contributed by atoms with Gasteiger partial charge in [-0.05, 0) is 18.2 Å². The Morgan fingerprint density at radius 2 is 2.13 bits per heavy atom. The van der Waals surface area contributed by atoms with Crippen molar-refractivity contribution in [3.05, 3.63) is 36.3 Å². The van der Waals surface area contributed by atoms with Crippen LogP contribution in [0.25, 0.3) is 11.3 Å². The van der Waals surface area contributed by atoms with Crippen LogP contribution in [0, 0.1) is 0 Å². The lowest BCUT2D eigenvalue weighted by Crippen LogP contribution is -2.46. The van der Waals surface area contributed by atoms with Gasteiger partial charge in [-0.1, -0.05) is 0 Å². The van der Waals surface area contributed by atoms with Crippen LogP contribution in [0.3, 0.4) is 0 Å². The maximum atomic E-state index is 12.3. The number of hydrogen-bond donors (Lipinski definition) is 1. The van der Waals surface area contributed by atoms with Gasteiger partial charge in [-0.2, -0.15) is 22.5 Å². The summed E-state index contributed by atoms with van der Waals surface area (Å²) in [5, 5.41) is 4.40. The second-order valence-electron chi connectivity index (χ2n) is 5.22. The van der Waals surface area contributed by atoms with E-state index in [1.54, 1.807) is 24.1 Å². The quantitative estimate of drug-likeness (QED) is 0.839. The molecule has 0 amide bonds. The van der Waals surface area contributed by atoms with Gasteiger partial charge in [0, 0.05) is 38.1 Å². The molecule has 3 heterocycles. The molecule has 3 rings (SSSR count). The van der Waals surface area contributed by atoms with Crippen molar-refractivity contribution >= 4 is 10.2 Å². The number of aromatic nitrogens is 3. The number of morpholine rings is 1. The predicted octanol–water partition coefficient (Wildman–Crippen LogP) is 0.149.